The van der Waals surface area contributed by atoms with Crippen LogP contribution in [0, 0.1) is 13.8 Å². The smallest absolute Gasteiger partial charge is 0.191 e. The maximum Gasteiger partial charge on any atom is 0.191 e. The largest absolute Gasteiger partial charge is 0.385 e. The Balaban J connectivity index is 0.00000441. The molecule has 0 aliphatic heterocycles. The highest BCUT2D eigenvalue weighted by atomic mass is 127. The Morgan fingerprint density at radius 3 is 2.41 bits per heavy atom. The monoisotopic (exact) mass is 419 g/mol. The van der Waals surface area contributed by atoms with Crippen LogP contribution >= 0.6 is 24.0 Å². The van der Waals surface area contributed by atoms with Gasteiger partial charge in [-0.2, -0.15) is 0 Å². The van der Waals surface area contributed by atoms with Gasteiger partial charge in [-0.15, -0.1) is 24.0 Å². The lowest BCUT2D eigenvalue weighted by Crippen LogP contribution is -2.38. The SMILES string of the molecule is CCNC(=NCCCOC)NCCc1cc(C)cc(C)c1.I. The number of rotatable bonds is 8. The van der Waals surface area contributed by atoms with E-state index in [4.69, 9.17) is 4.74 Å². The van der Waals surface area contributed by atoms with Crippen LogP contribution in [0.5, 0.6) is 0 Å². The molecule has 0 bridgehead atoms. The first-order valence-corrected chi connectivity index (χ1v) is 7.74. The minimum atomic E-state index is 0. The molecule has 1 aromatic rings. The molecule has 0 aromatic heterocycles. The highest BCUT2D eigenvalue weighted by molar-refractivity contribution is 14.0. The van der Waals surface area contributed by atoms with Crippen molar-refractivity contribution in [2.24, 2.45) is 4.99 Å². The summed E-state index contributed by atoms with van der Waals surface area (Å²) in [5, 5.41) is 6.65. The van der Waals surface area contributed by atoms with Gasteiger partial charge < -0.3 is 15.4 Å². The minimum Gasteiger partial charge on any atom is -0.385 e. The first-order valence-electron chi connectivity index (χ1n) is 7.74. The maximum atomic E-state index is 5.03. The highest BCUT2D eigenvalue weighted by Gasteiger charge is 1.99. The summed E-state index contributed by atoms with van der Waals surface area (Å²) in [5.41, 5.74) is 4.02. The molecule has 0 amide bonds. The summed E-state index contributed by atoms with van der Waals surface area (Å²) >= 11 is 0. The molecular formula is C17H30IN3O. The highest BCUT2D eigenvalue weighted by Crippen LogP contribution is 2.08. The summed E-state index contributed by atoms with van der Waals surface area (Å²) in [4.78, 5) is 4.53. The van der Waals surface area contributed by atoms with Gasteiger partial charge in [0.2, 0.25) is 0 Å². The standard InChI is InChI=1S/C17H29N3O.HI/c1-5-18-17(19-8-6-10-21-4)20-9-7-16-12-14(2)11-15(3)13-16;/h11-13H,5-10H2,1-4H3,(H2,18,19,20);1H. The van der Waals surface area contributed by atoms with Crippen LogP contribution in [0.3, 0.4) is 0 Å². The van der Waals surface area contributed by atoms with Crippen molar-refractivity contribution < 1.29 is 4.74 Å². The molecule has 22 heavy (non-hydrogen) atoms. The quantitative estimate of drug-likeness (QED) is 0.295. The number of halogens is 1. The molecule has 2 N–H and O–H groups in total. The van der Waals surface area contributed by atoms with Crippen molar-refractivity contribution in [1.82, 2.24) is 10.6 Å². The van der Waals surface area contributed by atoms with Crippen LogP contribution in [0.2, 0.25) is 0 Å². The summed E-state index contributed by atoms with van der Waals surface area (Å²) in [6.07, 6.45) is 1.95. The van der Waals surface area contributed by atoms with Gasteiger partial charge in [0.25, 0.3) is 0 Å². The van der Waals surface area contributed by atoms with Gasteiger partial charge in [0, 0.05) is 33.4 Å². The van der Waals surface area contributed by atoms with Crippen LogP contribution in [0.15, 0.2) is 23.2 Å². The Morgan fingerprint density at radius 2 is 1.82 bits per heavy atom. The normalized spacial score (nSPS) is 11.0. The van der Waals surface area contributed by atoms with Crippen molar-refractivity contribution in [1.29, 1.82) is 0 Å². The molecule has 0 saturated heterocycles. The Bertz CT molecular complexity index is 429. The fourth-order valence-corrected chi connectivity index (χ4v) is 2.28. The number of aliphatic imine (C=N–C) groups is 1. The first kappa shape index (κ1) is 21.2. The van der Waals surface area contributed by atoms with Crippen LogP contribution < -0.4 is 10.6 Å². The van der Waals surface area contributed by atoms with Gasteiger partial charge in [0.05, 0.1) is 0 Å². The Labute approximate surface area is 152 Å². The molecule has 126 valence electrons. The van der Waals surface area contributed by atoms with Crippen LogP contribution in [0.1, 0.15) is 30.0 Å². The van der Waals surface area contributed by atoms with E-state index in [0.29, 0.717) is 0 Å². The number of benzene rings is 1. The molecule has 0 aliphatic rings. The fraction of sp³-hybridized carbons (Fsp3) is 0.588. The third-order valence-electron chi connectivity index (χ3n) is 3.11. The summed E-state index contributed by atoms with van der Waals surface area (Å²) in [7, 11) is 1.72. The molecule has 4 nitrogen and oxygen atoms in total. The van der Waals surface area contributed by atoms with Crippen molar-refractivity contribution >= 4 is 29.9 Å². The zero-order valence-electron chi connectivity index (χ0n) is 14.2. The van der Waals surface area contributed by atoms with E-state index in [1.807, 2.05) is 0 Å². The predicted molar refractivity (Wildman–Crippen MR) is 106 cm³/mol. The summed E-state index contributed by atoms with van der Waals surface area (Å²) in [5.74, 6) is 0.887. The van der Waals surface area contributed by atoms with Crippen molar-refractivity contribution in [2.75, 3.05) is 33.4 Å². The predicted octanol–water partition coefficient (Wildman–Crippen LogP) is 3.06. The summed E-state index contributed by atoms with van der Waals surface area (Å²) in [6.45, 7) is 9.67. The minimum absolute atomic E-state index is 0. The van der Waals surface area contributed by atoms with E-state index >= 15 is 0 Å². The van der Waals surface area contributed by atoms with Crippen LogP contribution in [0.25, 0.3) is 0 Å². The third kappa shape index (κ3) is 9.25. The fourth-order valence-electron chi connectivity index (χ4n) is 2.28. The number of guanidine groups is 1. The van der Waals surface area contributed by atoms with E-state index in [1.165, 1.54) is 16.7 Å². The van der Waals surface area contributed by atoms with Crippen LogP contribution in [0.4, 0.5) is 0 Å². The number of ether oxygens (including phenoxy) is 1. The van der Waals surface area contributed by atoms with Crippen molar-refractivity contribution in [3.8, 4) is 0 Å². The maximum absolute atomic E-state index is 5.03. The van der Waals surface area contributed by atoms with E-state index in [1.54, 1.807) is 7.11 Å². The number of nitrogens with zero attached hydrogens (tertiary/aromatic N) is 1. The molecular weight excluding hydrogens is 389 g/mol. The number of methoxy groups -OCH3 is 1. The van der Waals surface area contributed by atoms with Crippen molar-refractivity contribution in [2.45, 2.75) is 33.6 Å². The molecule has 0 saturated carbocycles. The van der Waals surface area contributed by atoms with Gasteiger partial charge in [-0.25, -0.2) is 0 Å². The molecule has 0 aliphatic carbocycles. The van der Waals surface area contributed by atoms with Crippen molar-refractivity contribution in [3.63, 3.8) is 0 Å². The zero-order chi connectivity index (χ0) is 15.5. The van der Waals surface area contributed by atoms with Gasteiger partial charge in [-0.3, -0.25) is 4.99 Å². The lowest BCUT2D eigenvalue weighted by atomic mass is 10.1. The number of nitrogens with one attached hydrogen (secondary N) is 2. The average molecular weight is 419 g/mol. The van der Waals surface area contributed by atoms with E-state index in [-0.39, 0.29) is 24.0 Å². The van der Waals surface area contributed by atoms with Gasteiger partial charge in [0.1, 0.15) is 0 Å². The molecule has 0 spiro atoms. The lowest BCUT2D eigenvalue weighted by Gasteiger charge is -2.12. The molecule has 0 atom stereocenters. The van der Waals surface area contributed by atoms with Crippen molar-refractivity contribution in [3.05, 3.63) is 34.9 Å². The molecule has 1 aromatic carbocycles. The number of hydrogen-bond donors (Lipinski definition) is 2. The molecule has 0 fully saturated rings. The van der Waals surface area contributed by atoms with E-state index in [0.717, 1.165) is 45.0 Å². The Morgan fingerprint density at radius 1 is 1.14 bits per heavy atom. The van der Waals surface area contributed by atoms with Gasteiger partial charge in [-0.05, 0) is 39.2 Å². The van der Waals surface area contributed by atoms with Crippen LogP contribution in [-0.4, -0.2) is 39.3 Å². The van der Waals surface area contributed by atoms with E-state index in [9.17, 15) is 0 Å². The number of hydrogen-bond acceptors (Lipinski definition) is 2. The molecule has 5 heteroatoms. The Kier molecular flexibility index (Phi) is 12.2. The van der Waals surface area contributed by atoms with Gasteiger partial charge >= 0.3 is 0 Å². The first-order chi connectivity index (χ1) is 10.2. The molecule has 1 rings (SSSR count). The second kappa shape index (κ2) is 12.7. The van der Waals surface area contributed by atoms with Gasteiger partial charge in [-0.1, -0.05) is 29.3 Å². The number of aryl methyl sites for hydroxylation is 2. The average Bonchev–Trinajstić information content (AvgIpc) is 2.42. The molecule has 0 heterocycles. The zero-order valence-corrected chi connectivity index (χ0v) is 16.6. The molecule has 0 radical (unpaired) electrons. The third-order valence-corrected chi connectivity index (χ3v) is 3.11. The summed E-state index contributed by atoms with van der Waals surface area (Å²) < 4.78 is 5.03. The van der Waals surface area contributed by atoms with Crippen LogP contribution in [-0.2, 0) is 11.2 Å². The second-order valence-corrected chi connectivity index (χ2v) is 5.28. The second-order valence-electron chi connectivity index (χ2n) is 5.28. The Hall–Kier alpha value is -0.820. The molecule has 0 unspecified atom stereocenters. The van der Waals surface area contributed by atoms with Gasteiger partial charge in [0.15, 0.2) is 5.96 Å². The van der Waals surface area contributed by atoms with E-state index in [2.05, 4.69) is 54.6 Å². The summed E-state index contributed by atoms with van der Waals surface area (Å²) in [6, 6.07) is 6.70. The lowest BCUT2D eigenvalue weighted by molar-refractivity contribution is 0.197. The topological polar surface area (TPSA) is 45.7 Å². The van der Waals surface area contributed by atoms with E-state index < -0.39 is 0 Å².